The van der Waals surface area contributed by atoms with Crippen LogP contribution in [-0.4, -0.2) is 81.3 Å². The van der Waals surface area contributed by atoms with E-state index >= 15 is 0 Å². The van der Waals surface area contributed by atoms with Crippen LogP contribution < -0.4 is 21.7 Å². The summed E-state index contributed by atoms with van der Waals surface area (Å²) in [5.74, 6) is -1.82. The first-order chi connectivity index (χ1) is 22.4. The van der Waals surface area contributed by atoms with Crippen LogP contribution in [0.1, 0.15) is 43.7 Å². The third kappa shape index (κ3) is 17.3. The van der Waals surface area contributed by atoms with Gasteiger partial charge in [-0.3, -0.25) is 9.59 Å². The Balaban J connectivity index is 0.000000715. The Hall–Kier alpha value is -3.55. The second-order valence-corrected chi connectivity index (χ2v) is 11.4. The number of methoxy groups -OCH3 is 1. The standard InChI is InChI=1S/C26H34Cl2N4O2.C3H3F3O2.C3H7NO/c27-22-11-10-20(16-23(22)28)17-24(31-26(34)30-13-5-4-12-29)25(33)32-14-6-9-21(18-32)15-19-7-2-1-3-8-19;1-8-2(7)3(4,5)6;1-2-4-3-5/h1-3,7-8,10-11,16,21,24H,4-6,9,12-15,17-18,29H2,(H2,30,31,34);1H3;3H,2H2,1H3,(H,4,5)/p+1. The van der Waals surface area contributed by atoms with E-state index in [-0.39, 0.29) is 11.9 Å². The summed E-state index contributed by atoms with van der Waals surface area (Å²) in [7, 11) is 0.676. The van der Waals surface area contributed by atoms with Crippen LogP contribution in [-0.2, 0) is 32.0 Å². The number of likely N-dealkylation sites (tertiary alicyclic amines) is 1. The van der Waals surface area contributed by atoms with Gasteiger partial charge in [-0.05, 0) is 68.2 Å². The van der Waals surface area contributed by atoms with Gasteiger partial charge in [0.25, 0.3) is 0 Å². The van der Waals surface area contributed by atoms with Gasteiger partial charge in [-0.2, -0.15) is 13.2 Å². The number of ether oxygens (including phenoxy) is 1. The third-order valence-corrected chi connectivity index (χ3v) is 7.63. The molecule has 0 bridgehead atoms. The van der Waals surface area contributed by atoms with E-state index in [0.717, 1.165) is 50.8 Å². The molecule has 2 aromatic carbocycles. The van der Waals surface area contributed by atoms with Gasteiger partial charge < -0.3 is 31.3 Å². The van der Waals surface area contributed by atoms with Crippen molar-refractivity contribution in [1.82, 2.24) is 20.9 Å². The molecule has 1 heterocycles. The van der Waals surface area contributed by atoms with Crippen molar-refractivity contribution in [3.8, 4) is 0 Å². The number of piperidine rings is 1. The maximum Gasteiger partial charge on any atom is 0.490 e. The van der Waals surface area contributed by atoms with Gasteiger partial charge in [0.05, 0.1) is 23.7 Å². The maximum atomic E-state index is 13.6. The minimum atomic E-state index is -4.85. The first-order valence-corrected chi connectivity index (χ1v) is 16.0. The van der Waals surface area contributed by atoms with E-state index in [2.05, 4.69) is 38.6 Å². The summed E-state index contributed by atoms with van der Waals surface area (Å²) in [5, 5.41) is 9.09. The van der Waals surface area contributed by atoms with Crippen LogP contribution in [0.4, 0.5) is 18.0 Å². The minimum absolute atomic E-state index is 0.0586. The van der Waals surface area contributed by atoms with Crippen LogP contribution in [0.25, 0.3) is 0 Å². The van der Waals surface area contributed by atoms with E-state index in [0.29, 0.717) is 55.5 Å². The summed E-state index contributed by atoms with van der Waals surface area (Å²) >= 11 is 12.3. The first-order valence-electron chi connectivity index (χ1n) is 15.3. The van der Waals surface area contributed by atoms with Crippen molar-refractivity contribution in [2.24, 2.45) is 5.92 Å². The highest BCUT2D eigenvalue weighted by atomic mass is 35.5. The zero-order valence-corrected chi connectivity index (χ0v) is 28.2. The number of urea groups is 1. The molecule has 15 heteroatoms. The summed E-state index contributed by atoms with van der Waals surface area (Å²) in [6, 6.07) is 14.7. The third-order valence-electron chi connectivity index (χ3n) is 6.89. The Morgan fingerprint density at radius 2 is 1.79 bits per heavy atom. The van der Waals surface area contributed by atoms with E-state index in [1.165, 1.54) is 5.56 Å². The van der Waals surface area contributed by atoms with E-state index in [9.17, 15) is 32.3 Å². The summed E-state index contributed by atoms with van der Waals surface area (Å²) < 4.78 is 36.3. The highest BCUT2D eigenvalue weighted by Crippen LogP contribution is 2.25. The Labute approximate surface area is 283 Å². The molecular weight excluding hydrogens is 662 g/mol. The number of esters is 1. The molecule has 0 aromatic heterocycles. The highest BCUT2D eigenvalue weighted by molar-refractivity contribution is 6.42. The number of alkyl halides is 3. The molecule has 1 saturated heterocycles. The lowest BCUT2D eigenvalue weighted by Gasteiger charge is -2.35. The lowest BCUT2D eigenvalue weighted by molar-refractivity contribution is -0.368. The van der Waals surface area contributed by atoms with Crippen LogP contribution >= 0.6 is 23.2 Å². The van der Waals surface area contributed by atoms with Crippen LogP contribution in [0.2, 0.25) is 10.0 Å². The smallest absolute Gasteiger partial charge is 0.462 e. The Bertz CT molecular complexity index is 1240. The van der Waals surface area contributed by atoms with Crippen LogP contribution in [0, 0.1) is 5.92 Å². The molecule has 2 aromatic rings. The molecule has 0 spiro atoms. The zero-order chi connectivity index (χ0) is 35.2. The summed E-state index contributed by atoms with van der Waals surface area (Å²) in [6.45, 7) is 5.38. The van der Waals surface area contributed by atoms with Crippen molar-refractivity contribution < 1.29 is 42.8 Å². The second-order valence-electron chi connectivity index (χ2n) is 10.6. The van der Waals surface area contributed by atoms with Gasteiger partial charge in [0.2, 0.25) is 12.3 Å². The molecule has 1 aliphatic heterocycles. The molecule has 2 unspecified atom stereocenters. The average Bonchev–Trinajstić information content (AvgIpc) is 3.05. The molecule has 0 aliphatic carbocycles. The first kappa shape index (κ1) is 41.5. The molecule has 4 amide bonds. The Kier molecular flexibility index (Phi) is 20.2. The van der Waals surface area contributed by atoms with Crippen molar-refractivity contribution in [3.63, 3.8) is 0 Å². The summed E-state index contributed by atoms with van der Waals surface area (Å²) in [4.78, 5) is 46.8. The Morgan fingerprint density at radius 3 is 2.32 bits per heavy atom. The van der Waals surface area contributed by atoms with E-state index in [1.807, 2.05) is 36.1 Å². The number of hydrogen-bond donors (Lipinski definition) is 4. The lowest BCUT2D eigenvalue weighted by atomic mass is 9.90. The fraction of sp³-hybridized carbons (Fsp3) is 0.500. The molecule has 0 saturated carbocycles. The van der Waals surface area contributed by atoms with Crippen molar-refractivity contribution in [2.45, 2.75) is 57.7 Å². The molecule has 1 fully saturated rings. The van der Waals surface area contributed by atoms with Gasteiger partial charge in [-0.25, -0.2) is 9.59 Å². The summed E-state index contributed by atoms with van der Waals surface area (Å²) in [5.41, 5.74) is 5.96. The predicted octanol–water partition coefficient (Wildman–Crippen LogP) is 4.18. The van der Waals surface area contributed by atoms with Gasteiger partial charge in [0.1, 0.15) is 6.04 Å². The van der Waals surface area contributed by atoms with E-state index in [1.54, 1.807) is 12.1 Å². The fourth-order valence-electron chi connectivity index (χ4n) is 4.61. The van der Waals surface area contributed by atoms with Crippen LogP contribution in [0.3, 0.4) is 0 Å². The number of carbonyl (C=O) groups is 4. The normalized spacial score (nSPS) is 14.6. The number of rotatable bonds is 12. The molecule has 3 rings (SSSR count). The number of nitrogens with zero attached hydrogens (tertiary/aromatic N) is 1. The molecule has 1 aliphatic rings. The number of hydrogen-bond acceptors (Lipinski definition) is 5. The van der Waals surface area contributed by atoms with Gasteiger partial charge in [-0.15, -0.1) is 0 Å². The van der Waals surface area contributed by atoms with Crippen molar-refractivity contribution in [3.05, 3.63) is 69.7 Å². The van der Waals surface area contributed by atoms with Crippen molar-refractivity contribution in [2.75, 3.05) is 39.8 Å². The van der Waals surface area contributed by atoms with Crippen molar-refractivity contribution in [1.29, 1.82) is 0 Å². The summed E-state index contributed by atoms with van der Waals surface area (Å²) in [6.07, 6.45) is 0.979. The average molecular weight is 708 g/mol. The lowest BCUT2D eigenvalue weighted by Crippen LogP contribution is -2.54. The van der Waals surface area contributed by atoms with Gasteiger partial charge >= 0.3 is 18.2 Å². The molecule has 0 radical (unpaired) electrons. The maximum absolute atomic E-state index is 13.6. The second kappa shape index (κ2) is 22.9. The van der Waals surface area contributed by atoms with Gasteiger partial charge in [-0.1, -0.05) is 59.6 Å². The number of nitrogens with one attached hydrogen (secondary N) is 3. The molecular formula is C32H45Cl2F3N5O5+. The fourth-order valence-corrected chi connectivity index (χ4v) is 4.93. The monoisotopic (exact) mass is 706 g/mol. The number of benzene rings is 2. The van der Waals surface area contributed by atoms with E-state index < -0.39 is 18.2 Å². The largest absolute Gasteiger partial charge is 0.490 e. The van der Waals surface area contributed by atoms with Crippen molar-refractivity contribution >= 4 is 47.5 Å². The highest BCUT2D eigenvalue weighted by Gasteiger charge is 2.40. The molecule has 47 heavy (non-hydrogen) atoms. The number of halogens is 5. The predicted molar refractivity (Wildman–Crippen MR) is 175 cm³/mol. The molecule has 262 valence electrons. The minimum Gasteiger partial charge on any atom is -0.462 e. The molecule has 6 N–H and O–H groups in total. The topological polar surface area (TPSA) is 144 Å². The SMILES string of the molecule is CCNC=O.COC(=O)C(F)(F)F.[NH3+]CCCCNC(=O)NC(Cc1ccc(Cl)c(Cl)c1)C(=O)N1CCCC(Cc2ccccc2)C1. The van der Waals surface area contributed by atoms with E-state index in [4.69, 9.17) is 23.2 Å². The number of amides is 4. The molecule has 2 atom stereocenters. The Morgan fingerprint density at radius 1 is 1.09 bits per heavy atom. The number of unbranched alkanes of at least 4 members (excludes halogenated alkanes) is 1. The number of carbonyl (C=O) groups excluding carboxylic acids is 4. The quantitative estimate of drug-likeness (QED) is 0.149. The van der Waals surface area contributed by atoms with Crippen LogP contribution in [0.5, 0.6) is 0 Å². The van der Waals surface area contributed by atoms with Crippen LogP contribution in [0.15, 0.2) is 48.5 Å². The van der Waals surface area contributed by atoms with Gasteiger partial charge in [0.15, 0.2) is 0 Å². The van der Waals surface area contributed by atoms with Gasteiger partial charge in [0, 0.05) is 32.6 Å². The number of quaternary nitrogens is 1. The molecule has 10 nitrogen and oxygen atoms in total. The zero-order valence-electron chi connectivity index (χ0n) is 26.7.